The number of aromatic hydroxyl groups is 1. The molecule has 5 nitrogen and oxygen atoms in total. The van der Waals surface area contributed by atoms with Crippen LogP contribution >= 0.6 is 11.3 Å². The Morgan fingerprint density at radius 1 is 1.12 bits per heavy atom. The first-order valence-corrected chi connectivity index (χ1v) is 9.21. The standard InChI is InChI=1S/C19H18FN3O2S/c1-25-15-9-13(8-14(20)18(15)24)16-11-22-19(26-16)12-4-5-17(21-10-12)23-6-2-3-7-23/h4-5,8-11,24H,2-3,6-7H2,1H3. The highest BCUT2D eigenvalue weighted by Gasteiger charge is 2.16. The van der Waals surface area contributed by atoms with Crippen LogP contribution < -0.4 is 9.64 Å². The first kappa shape index (κ1) is 16.8. The van der Waals surface area contributed by atoms with E-state index in [4.69, 9.17) is 4.74 Å². The summed E-state index contributed by atoms with van der Waals surface area (Å²) in [5, 5.41) is 10.5. The Balaban J connectivity index is 1.61. The molecule has 134 valence electrons. The number of methoxy groups -OCH3 is 1. The third-order valence-electron chi connectivity index (χ3n) is 4.46. The van der Waals surface area contributed by atoms with Gasteiger partial charge in [0.1, 0.15) is 10.8 Å². The Bertz CT molecular complexity index is 921. The Kier molecular flexibility index (Phi) is 4.46. The van der Waals surface area contributed by atoms with Crippen molar-refractivity contribution in [2.24, 2.45) is 0 Å². The number of benzene rings is 1. The molecule has 0 radical (unpaired) electrons. The van der Waals surface area contributed by atoms with E-state index in [-0.39, 0.29) is 5.75 Å². The van der Waals surface area contributed by atoms with E-state index in [0.717, 1.165) is 34.4 Å². The van der Waals surface area contributed by atoms with Gasteiger partial charge in [-0.1, -0.05) is 0 Å². The number of hydrogen-bond donors (Lipinski definition) is 1. The van der Waals surface area contributed by atoms with E-state index in [0.29, 0.717) is 5.56 Å². The van der Waals surface area contributed by atoms with Crippen molar-refractivity contribution < 1.29 is 14.2 Å². The van der Waals surface area contributed by atoms with Crippen LogP contribution in [0, 0.1) is 5.82 Å². The lowest BCUT2D eigenvalue weighted by molar-refractivity contribution is 0.357. The van der Waals surface area contributed by atoms with Crippen molar-refractivity contribution >= 4 is 17.2 Å². The number of hydrogen-bond acceptors (Lipinski definition) is 6. The molecule has 26 heavy (non-hydrogen) atoms. The minimum absolute atomic E-state index is 0.103. The van der Waals surface area contributed by atoms with E-state index >= 15 is 0 Å². The van der Waals surface area contributed by atoms with Gasteiger partial charge in [-0.3, -0.25) is 0 Å². The maximum atomic E-state index is 13.9. The van der Waals surface area contributed by atoms with Crippen molar-refractivity contribution in [2.75, 3.05) is 25.1 Å². The first-order valence-electron chi connectivity index (χ1n) is 8.40. The van der Waals surface area contributed by atoms with Gasteiger partial charge in [-0.15, -0.1) is 11.3 Å². The van der Waals surface area contributed by atoms with Gasteiger partial charge in [-0.05, 0) is 37.1 Å². The summed E-state index contributed by atoms with van der Waals surface area (Å²) >= 11 is 1.44. The molecule has 3 aromatic rings. The number of nitrogens with zero attached hydrogens (tertiary/aromatic N) is 3. The molecule has 4 rings (SSSR count). The Labute approximate surface area is 154 Å². The molecule has 2 aromatic heterocycles. The summed E-state index contributed by atoms with van der Waals surface area (Å²) in [6, 6.07) is 6.92. The molecule has 1 aliphatic rings. The Hall–Kier alpha value is -2.67. The fourth-order valence-corrected chi connectivity index (χ4v) is 3.95. The zero-order valence-electron chi connectivity index (χ0n) is 14.3. The second-order valence-corrected chi connectivity index (χ2v) is 7.17. The fraction of sp³-hybridized carbons (Fsp3) is 0.263. The van der Waals surface area contributed by atoms with Crippen LogP contribution in [0.15, 0.2) is 36.7 Å². The normalized spacial score (nSPS) is 14.0. The highest BCUT2D eigenvalue weighted by Crippen LogP contribution is 2.38. The van der Waals surface area contributed by atoms with Crippen LogP contribution in [0.1, 0.15) is 12.8 Å². The lowest BCUT2D eigenvalue weighted by atomic mass is 10.1. The first-order chi connectivity index (χ1) is 12.7. The molecule has 0 spiro atoms. The van der Waals surface area contributed by atoms with Gasteiger partial charge in [-0.25, -0.2) is 14.4 Å². The molecule has 0 unspecified atom stereocenters. The smallest absolute Gasteiger partial charge is 0.194 e. The summed E-state index contributed by atoms with van der Waals surface area (Å²) in [7, 11) is 1.39. The molecule has 3 heterocycles. The maximum Gasteiger partial charge on any atom is 0.194 e. The van der Waals surface area contributed by atoms with Gasteiger partial charge in [0.05, 0.1) is 12.0 Å². The highest BCUT2D eigenvalue weighted by molar-refractivity contribution is 7.18. The number of rotatable bonds is 4. The third kappa shape index (κ3) is 3.10. The number of phenols is 1. The van der Waals surface area contributed by atoms with Gasteiger partial charge in [0, 0.05) is 36.6 Å². The molecule has 1 aliphatic heterocycles. The summed E-state index contributed by atoms with van der Waals surface area (Å²) in [5.41, 5.74) is 1.54. The SMILES string of the molecule is COc1cc(-c2cnc(-c3ccc(N4CCCC4)nc3)s2)cc(F)c1O. The molecule has 0 atom stereocenters. The molecule has 1 N–H and O–H groups in total. The monoisotopic (exact) mass is 371 g/mol. The topological polar surface area (TPSA) is 58.5 Å². The van der Waals surface area contributed by atoms with Crippen LogP contribution in [0.4, 0.5) is 10.2 Å². The van der Waals surface area contributed by atoms with Crippen molar-refractivity contribution in [3.05, 3.63) is 42.5 Å². The second kappa shape index (κ2) is 6.92. The van der Waals surface area contributed by atoms with Crippen LogP contribution in [-0.4, -0.2) is 35.3 Å². The molecule has 1 fully saturated rings. The van der Waals surface area contributed by atoms with Gasteiger partial charge in [-0.2, -0.15) is 0 Å². The van der Waals surface area contributed by atoms with Crippen molar-refractivity contribution in [2.45, 2.75) is 12.8 Å². The quantitative estimate of drug-likeness (QED) is 0.740. The minimum atomic E-state index is -0.717. The minimum Gasteiger partial charge on any atom is -0.502 e. The van der Waals surface area contributed by atoms with Crippen LogP contribution in [-0.2, 0) is 0 Å². The number of anilines is 1. The summed E-state index contributed by atoms with van der Waals surface area (Å²) in [6.45, 7) is 2.12. The summed E-state index contributed by atoms with van der Waals surface area (Å²) in [6.07, 6.45) is 5.95. The molecule has 0 saturated carbocycles. The zero-order chi connectivity index (χ0) is 18.1. The summed E-state index contributed by atoms with van der Waals surface area (Å²) in [5.74, 6) is -0.103. The van der Waals surface area contributed by atoms with Crippen LogP contribution in [0.25, 0.3) is 21.0 Å². The predicted octanol–water partition coefficient (Wildman–Crippen LogP) is 4.33. The van der Waals surface area contributed by atoms with Gasteiger partial charge in [0.15, 0.2) is 17.3 Å². The molecule has 0 bridgehead atoms. The number of thiazole rings is 1. The molecular formula is C19H18FN3O2S. The van der Waals surface area contributed by atoms with Gasteiger partial charge in [0.2, 0.25) is 0 Å². The largest absolute Gasteiger partial charge is 0.502 e. The molecule has 0 aliphatic carbocycles. The lowest BCUT2D eigenvalue weighted by Gasteiger charge is -2.15. The molecule has 0 amide bonds. The number of pyridine rings is 1. The second-order valence-electron chi connectivity index (χ2n) is 6.14. The number of phenolic OH excluding ortho intramolecular Hbond substituents is 1. The van der Waals surface area contributed by atoms with E-state index in [1.54, 1.807) is 12.3 Å². The molecule has 1 saturated heterocycles. The van der Waals surface area contributed by atoms with E-state index in [9.17, 15) is 9.50 Å². The van der Waals surface area contributed by atoms with Crippen molar-refractivity contribution in [1.29, 1.82) is 0 Å². The average molecular weight is 371 g/mol. The molecule has 7 heteroatoms. The molecule has 1 aromatic carbocycles. The number of ether oxygens (including phenoxy) is 1. The average Bonchev–Trinajstić information content (AvgIpc) is 3.36. The van der Waals surface area contributed by atoms with E-state index in [1.165, 1.54) is 37.4 Å². The highest BCUT2D eigenvalue weighted by atomic mass is 32.1. The predicted molar refractivity (Wildman–Crippen MR) is 100 cm³/mol. The van der Waals surface area contributed by atoms with E-state index in [1.807, 2.05) is 18.3 Å². The van der Waals surface area contributed by atoms with E-state index in [2.05, 4.69) is 14.9 Å². The van der Waals surface area contributed by atoms with Crippen molar-refractivity contribution in [1.82, 2.24) is 9.97 Å². The lowest BCUT2D eigenvalue weighted by Crippen LogP contribution is -2.18. The van der Waals surface area contributed by atoms with Crippen LogP contribution in [0.2, 0.25) is 0 Å². The summed E-state index contributed by atoms with van der Waals surface area (Å²) < 4.78 is 18.9. The summed E-state index contributed by atoms with van der Waals surface area (Å²) in [4.78, 5) is 12.1. The fourth-order valence-electron chi connectivity index (χ4n) is 3.06. The van der Waals surface area contributed by atoms with E-state index < -0.39 is 11.6 Å². The van der Waals surface area contributed by atoms with Gasteiger partial charge in [0.25, 0.3) is 0 Å². The number of aromatic nitrogens is 2. The van der Waals surface area contributed by atoms with Crippen molar-refractivity contribution in [3.63, 3.8) is 0 Å². The van der Waals surface area contributed by atoms with Crippen LogP contribution in [0.5, 0.6) is 11.5 Å². The van der Waals surface area contributed by atoms with Gasteiger partial charge >= 0.3 is 0 Å². The van der Waals surface area contributed by atoms with Crippen LogP contribution in [0.3, 0.4) is 0 Å². The van der Waals surface area contributed by atoms with Gasteiger partial charge < -0.3 is 14.7 Å². The third-order valence-corrected chi connectivity index (χ3v) is 5.56. The molecular weight excluding hydrogens is 353 g/mol. The Morgan fingerprint density at radius 2 is 1.92 bits per heavy atom. The maximum absolute atomic E-state index is 13.9. The number of halogens is 1. The zero-order valence-corrected chi connectivity index (χ0v) is 15.1. The Morgan fingerprint density at radius 3 is 2.62 bits per heavy atom. The van der Waals surface area contributed by atoms with Crippen molar-refractivity contribution in [3.8, 4) is 32.5 Å².